The fraction of sp³-hybridized carbons (Fsp3) is 0.286. The van der Waals surface area contributed by atoms with Crippen LogP contribution < -0.4 is 4.72 Å². The molecule has 0 aliphatic rings. The minimum absolute atomic E-state index is 0.0486. The Morgan fingerprint density at radius 3 is 2.43 bits per heavy atom. The molecule has 124 valence electrons. The standard InChI is InChI=1S/C14H15FN2O4S2/c1-8-14(22-9(2)16-8)23(20,21)17-12(7-13(18)19)10-3-5-11(15)6-4-10/h3-6,12,17H,7H2,1-2H3,(H,18,19). The van der Waals surface area contributed by atoms with Gasteiger partial charge in [-0.1, -0.05) is 12.1 Å². The first-order valence-corrected chi connectivity index (χ1v) is 8.92. The molecule has 1 atom stereocenters. The van der Waals surface area contributed by atoms with Crippen molar-refractivity contribution in [2.75, 3.05) is 0 Å². The molecule has 0 radical (unpaired) electrons. The SMILES string of the molecule is Cc1nc(C)c(S(=O)(=O)NC(CC(=O)O)c2ccc(F)cc2)s1. The van der Waals surface area contributed by atoms with Crippen LogP contribution in [0.5, 0.6) is 0 Å². The number of nitrogens with one attached hydrogen (secondary N) is 1. The van der Waals surface area contributed by atoms with Crippen LogP contribution in [0.1, 0.15) is 28.7 Å². The van der Waals surface area contributed by atoms with Crippen molar-refractivity contribution in [2.45, 2.75) is 30.5 Å². The van der Waals surface area contributed by atoms with Gasteiger partial charge in [-0.2, -0.15) is 0 Å². The molecule has 0 bridgehead atoms. The number of nitrogens with zero attached hydrogens (tertiary/aromatic N) is 1. The number of carbonyl (C=O) groups is 1. The average molecular weight is 358 g/mol. The number of hydrogen-bond donors (Lipinski definition) is 2. The van der Waals surface area contributed by atoms with Crippen LogP contribution in [0.25, 0.3) is 0 Å². The molecular formula is C14H15FN2O4S2. The third-order valence-corrected chi connectivity index (χ3v) is 6.21. The van der Waals surface area contributed by atoms with E-state index in [1.807, 2.05) is 0 Å². The summed E-state index contributed by atoms with van der Waals surface area (Å²) in [6, 6.07) is 4.02. The molecule has 0 fully saturated rings. The van der Waals surface area contributed by atoms with Gasteiger partial charge in [0, 0.05) is 0 Å². The predicted molar refractivity (Wildman–Crippen MR) is 83.3 cm³/mol. The number of rotatable bonds is 6. The number of aryl methyl sites for hydroxylation is 2. The molecule has 23 heavy (non-hydrogen) atoms. The van der Waals surface area contributed by atoms with Crippen LogP contribution in [0.15, 0.2) is 28.5 Å². The molecule has 2 aromatic rings. The molecule has 2 rings (SSSR count). The van der Waals surface area contributed by atoms with E-state index in [4.69, 9.17) is 5.11 Å². The van der Waals surface area contributed by atoms with Crippen molar-refractivity contribution in [1.82, 2.24) is 9.71 Å². The summed E-state index contributed by atoms with van der Waals surface area (Å²) < 4.78 is 40.4. The Labute approximate surface area is 137 Å². The lowest BCUT2D eigenvalue weighted by atomic mass is 10.1. The molecule has 1 heterocycles. The number of thiazole rings is 1. The number of sulfonamides is 1. The second-order valence-corrected chi connectivity index (χ2v) is 8.04. The van der Waals surface area contributed by atoms with E-state index in [9.17, 15) is 17.6 Å². The van der Waals surface area contributed by atoms with Crippen molar-refractivity contribution in [3.63, 3.8) is 0 Å². The van der Waals surface area contributed by atoms with E-state index in [-0.39, 0.29) is 4.21 Å². The summed E-state index contributed by atoms with van der Waals surface area (Å²) in [5.41, 5.74) is 0.726. The summed E-state index contributed by atoms with van der Waals surface area (Å²) in [5.74, 6) is -1.65. The minimum Gasteiger partial charge on any atom is -0.481 e. The van der Waals surface area contributed by atoms with E-state index in [0.29, 0.717) is 16.3 Å². The normalized spacial score (nSPS) is 13.0. The van der Waals surface area contributed by atoms with Gasteiger partial charge >= 0.3 is 5.97 Å². The highest BCUT2D eigenvalue weighted by molar-refractivity contribution is 7.91. The molecule has 6 nitrogen and oxygen atoms in total. The zero-order valence-electron chi connectivity index (χ0n) is 12.4. The van der Waals surface area contributed by atoms with Crippen LogP contribution in [0, 0.1) is 19.7 Å². The highest BCUT2D eigenvalue weighted by Crippen LogP contribution is 2.26. The lowest BCUT2D eigenvalue weighted by Gasteiger charge is -2.17. The van der Waals surface area contributed by atoms with Crippen LogP contribution in [-0.4, -0.2) is 24.5 Å². The van der Waals surface area contributed by atoms with Gasteiger partial charge in [0.2, 0.25) is 0 Å². The van der Waals surface area contributed by atoms with Crippen molar-refractivity contribution in [2.24, 2.45) is 0 Å². The molecular weight excluding hydrogens is 343 g/mol. The Bertz CT molecular complexity index is 816. The van der Waals surface area contributed by atoms with Gasteiger partial charge in [-0.15, -0.1) is 11.3 Å². The molecule has 2 N–H and O–H groups in total. The molecule has 0 amide bonds. The number of carboxylic acids is 1. The van der Waals surface area contributed by atoms with E-state index in [1.165, 1.54) is 12.1 Å². The number of aromatic nitrogens is 1. The number of aliphatic carboxylic acids is 1. The predicted octanol–water partition coefficient (Wildman–Crippen LogP) is 2.39. The largest absolute Gasteiger partial charge is 0.481 e. The maximum absolute atomic E-state index is 13.0. The molecule has 9 heteroatoms. The summed E-state index contributed by atoms with van der Waals surface area (Å²) in [6.07, 6.45) is -0.457. The zero-order chi connectivity index (χ0) is 17.2. The van der Waals surface area contributed by atoms with E-state index < -0.39 is 34.3 Å². The number of carboxylic acid groups (broad SMARTS) is 1. The number of halogens is 1. The Balaban J connectivity index is 2.35. The summed E-state index contributed by atoms with van der Waals surface area (Å²) in [5, 5.41) is 9.60. The smallest absolute Gasteiger partial charge is 0.305 e. The van der Waals surface area contributed by atoms with Crippen LogP contribution in [-0.2, 0) is 14.8 Å². The molecule has 0 saturated heterocycles. The first-order chi connectivity index (χ1) is 10.7. The topological polar surface area (TPSA) is 96.4 Å². The average Bonchev–Trinajstić information content (AvgIpc) is 2.78. The Morgan fingerprint density at radius 1 is 1.35 bits per heavy atom. The fourth-order valence-electron chi connectivity index (χ4n) is 2.10. The maximum Gasteiger partial charge on any atom is 0.305 e. The van der Waals surface area contributed by atoms with Gasteiger partial charge in [0.15, 0.2) is 4.21 Å². The maximum atomic E-state index is 13.0. The highest BCUT2D eigenvalue weighted by atomic mass is 32.2. The van der Waals surface area contributed by atoms with Crippen molar-refractivity contribution in [1.29, 1.82) is 0 Å². The highest BCUT2D eigenvalue weighted by Gasteiger charge is 2.27. The minimum atomic E-state index is -3.92. The fourth-order valence-corrected chi connectivity index (χ4v) is 4.82. The third kappa shape index (κ3) is 4.34. The van der Waals surface area contributed by atoms with E-state index >= 15 is 0 Å². The van der Waals surface area contributed by atoms with E-state index in [2.05, 4.69) is 9.71 Å². The molecule has 0 saturated carbocycles. The van der Waals surface area contributed by atoms with Crippen molar-refractivity contribution in [3.8, 4) is 0 Å². The van der Waals surface area contributed by atoms with Crippen molar-refractivity contribution < 1.29 is 22.7 Å². The second-order valence-electron chi connectivity index (χ2n) is 4.93. The Kier molecular flexibility index (Phi) is 5.12. The van der Waals surface area contributed by atoms with E-state index in [0.717, 1.165) is 23.5 Å². The monoisotopic (exact) mass is 358 g/mol. The van der Waals surface area contributed by atoms with Gasteiger partial charge in [0.05, 0.1) is 23.2 Å². The quantitative estimate of drug-likeness (QED) is 0.826. The summed E-state index contributed by atoms with van der Waals surface area (Å²) >= 11 is 1.01. The Morgan fingerprint density at radius 2 is 1.96 bits per heavy atom. The summed E-state index contributed by atoms with van der Waals surface area (Å²) in [7, 11) is -3.92. The van der Waals surface area contributed by atoms with Crippen LogP contribution in [0.4, 0.5) is 4.39 Å². The van der Waals surface area contributed by atoms with Crippen LogP contribution in [0.3, 0.4) is 0 Å². The first kappa shape index (κ1) is 17.5. The van der Waals surface area contributed by atoms with Crippen molar-refractivity contribution >= 4 is 27.3 Å². The Hall–Kier alpha value is -1.84. The summed E-state index contributed by atoms with van der Waals surface area (Å²) in [4.78, 5) is 15.1. The van der Waals surface area contributed by atoms with Gasteiger partial charge < -0.3 is 5.11 Å². The molecule has 0 aliphatic carbocycles. The summed E-state index contributed by atoms with van der Waals surface area (Å²) in [6.45, 7) is 3.26. The molecule has 0 aliphatic heterocycles. The van der Waals surface area contributed by atoms with Gasteiger partial charge in [0.25, 0.3) is 10.0 Å². The van der Waals surface area contributed by atoms with Crippen LogP contribution in [0.2, 0.25) is 0 Å². The number of hydrogen-bond acceptors (Lipinski definition) is 5. The zero-order valence-corrected chi connectivity index (χ0v) is 14.0. The lowest BCUT2D eigenvalue weighted by Crippen LogP contribution is -2.30. The van der Waals surface area contributed by atoms with Gasteiger partial charge in [-0.3, -0.25) is 4.79 Å². The lowest BCUT2D eigenvalue weighted by molar-refractivity contribution is -0.137. The van der Waals surface area contributed by atoms with Gasteiger partial charge in [-0.25, -0.2) is 22.5 Å². The number of benzene rings is 1. The third-order valence-electron chi connectivity index (χ3n) is 3.05. The molecule has 1 unspecified atom stereocenters. The molecule has 1 aromatic carbocycles. The second kappa shape index (κ2) is 6.73. The molecule has 0 spiro atoms. The van der Waals surface area contributed by atoms with Crippen molar-refractivity contribution in [3.05, 3.63) is 46.3 Å². The van der Waals surface area contributed by atoms with Crippen LogP contribution >= 0.6 is 11.3 Å². The first-order valence-electron chi connectivity index (χ1n) is 6.62. The van der Waals surface area contributed by atoms with E-state index in [1.54, 1.807) is 13.8 Å². The molecule has 1 aromatic heterocycles. The van der Waals surface area contributed by atoms with Gasteiger partial charge in [-0.05, 0) is 31.5 Å². The van der Waals surface area contributed by atoms with Gasteiger partial charge in [0.1, 0.15) is 5.82 Å².